The fourth-order valence-corrected chi connectivity index (χ4v) is 2.72. The molecule has 0 atom stereocenters. The summed E-state index contributed by atoms with van der Waals surface area (Å²) in [5, 5.41) is 0.762. The molecule has 3 heteroatoms. The highest BCUT2D eigenvalue weighted by Crippen LogP contribution is 2.10. The second kappa shape index (κ2) is 5.17. The normalized spacial score (nSPS) is 15.1. The van der Waals surface area contributed by atoms with Crippen molar-refractivity contribution in [2.24, 2.45) is 0 Å². The maximum Gasteiger partial charge on any atom is 0.361 e. The minimum absolute atomic E-state index is 0.0161. The first-order valence-electron chi connectivity index (χ1n) is 6.29. The summed E-state index contributed by atoms with van der Waals surface area (Å²) < 4.78 is 6.01. The minimum atomic E-state index is 0.0161. The third kappa shape index (κ3) is 2.31. The van der Waals surface area contributed by atoms with E-state index in [1.54, 1.807) is 0 Å². The summed E-state index contributed by atoms with van der Waals surface area (Å²) in [6.07, 6.45) is 2.17. The van der Waals surface area contributed by atoms with Gasteiger partial charge in [0.1, 0.15) is 0 Å². The number of benzene rings is 2. The Bertz CT molecular complexity index is 556. The number of rotatable bonds is 1. The molecule has 0 amide bonds. The minimum Gasteiger partial charge on any atom is -0.427 e. The van der Waals surface area contributed by atoms with Gasteiger partial charge in [-0.05, 0) is 35.9 Å². The van der Waals surface area contributed by atoms with Gasteiger partial charge in [-0.15, -0.1) is 0 Å². The molecule has 0 radical (unpaired) electrons. The lowest BCUT2D eigenvalue weighted by Crippen LogP contribution is -2.45. The van der Waals surface area contributed by atoms with E-state index in [9.17, 15) is 0 Å². The lowest BCUT2D eigenvalue weighted by atomic mass is 9.54. The van der Waals surface area contributed by atoms with Crippen LogP contribution in [-0.2, 0) is 11.1 Å². The van der Waals surface area contributed by atoms with Crippen LogP contribution in [0.5, 0.6) is 0 Å². The Morgan fingerprint density at radius 2 is 1.94 bits per heavy atom. The van der Waals surface area contributed by atoms with Crippen LogP contribution in [-0.4, -0.2) is 13.5 Å². The molecular weight excluding hydrogens is 242 g/mol. The van der Waals surface area contributed by atoms with E-state index in [1.807, 2.05) is 18.2 Å². The first-order valence-corrected chi connectivity index (χ1v) is 6.67. The second-order valence-corrected chi connectivity index (χ2v) is 5.04. The number of hydrogen-bond acceptors (Lipinski definition) is 1. The molecule has 0 spiro atoms. The number of aryl methyl sites for hydroxylation is 1. The van der Waals surface area contributed by atoms with Gasteiger partial charge in [0.05, 0.1) is 0 Å². The predicted molar refractivity (Wildman–Crippen MR) is 77.2 cm³/mol. The third-order valence-electron chi connectivity index (χ3n) is 3.36. The van der Waals surface area contributed by atoms with Gasteiger partial charge in [-0.1, -0.05) is 53.6 Å². The van der Waals surface area contributed by atoms with Crippen LogP contribution < -0.4 is 10.9 Å². The Balaban J connectivity index is 2.06. The van der Waals surface area contributed by atoms with Crippen molar-refractivity contribution in [2.75, 3.05) is 6.61 Å². The Kier molecular flexibility index (Phi) is 3.40. The SMILES string of the molecule is Clc1cccc(B2OCCCc3ccccc32)c1. The van der Waals surface area contributed by atoms with Crippen LogP contribution in [0.3, 0.4) is 0 Å². The van der Waals surface area contributed by atoms with Crippen molar-refractivity contribution in [3.05, 3.63) is 59.1 Å². The zero-order valence-corrected chi connectivity index (χ0v) is 10.9. The molecule has 0 unspecified atom stereocenters. The van der Waals surface area contributed by atoms with Gasteiger partial charge in [-0.3, -0.25) is 0 Å². The van der Waals surface area contributed by atoms with Crippen LogP contribution >= 0.6 is 11.6 Å². The second-order valence-electron chi connectivity index (χ2n) is 4.61. The number of hydrogen-bond donors (Lipinski definition) is 0. The molecule has 90 valence electrons. The van der Waals surface area contributed by atoms with Crippen LogP contribution in [0.25, 0.3) is 0 Å². The van der Waals surface area contributed by atoms with E-state index < -0.39 is 0 Å². The quantitative estimate of drug-likeness (QED) is 0.712. The molecule has 2 aromatic rings. The van der Waals surface area contributed by atoms with Crippen LogP contribution in [0.15, 0.2) is 48.5 Å². The van der Waals surface area contributed by atoms with Gasteiger partial charge in [0.25, 0.3) is 0 Å². The molecule has 0 fully saturated rings. The van der Waals surface area contributed by atoms with E-state index in [2.05, 4.69) is 30.3 Å². The van der Waals surface area contributed by atoms with Gasteiger partial charge in [0.2, 0.25) is 0 Å². The van der Waals surface area contributed by atoms with Crippen LogP contribution in [0.1, 0.15) is 12.0 Å². The first-order chi connectivity index (χ1) is 8.84. The summed E-state index contributed by atoms with van der Waals surface area (Å²) in [6.45, 7) is 0.814. The monoisotopic (exact) mass is 256 g/mol. The molecule has 1 aliphatic rings. The Hall–Kier alpha value is -1.25. The summed E-state index contributed by atoms with van der Waals surface area (Å²) in [5.74, 6) is 0. The molecule has 2 aromatic carbocycles. The Morgan fingerprint density at radius 1 is 1.06 bits per heavy atom. The molecule has 0 aliphatic carbocycles. The topological polar surface area (TPSA) is 9.23 Å². The van der Waals surface area contributed by atoms with Crippen LogP contribution in [0.4, 0.5) is 0 Å². The maximum absolute atomic E-state index is 6.08. The lowest BCUT2D eigenvalue weighted by molar-refractivity contribution is 0.330. The zero-order chi connectivity index (χ0) is 12.4. The van der Waals surface area contributed by atoms with E-state index >= 15 is 0 Å². The van der Waals surface area contributed by atoms with E-state index in [0.717, 1.165) is 29.9 Å². The van der Waals surface area contributed by atoms with Gasteiger partial charge >= 0.3 is 6.92 Å². The molecule has 18 heavy (non-hydrogen) atoms. The predicted octanol–water partition coefficient (Wildman–Crippen LogP) is 2.41. The Morgan fingerprint density at radius 3 is 2.83 bits per heavy atom. The standard InChI is InChI=1S/C15H14BClO/c17-14-8-3-7-13(11-14)16-15-9-2-1-5-12(15)6-4-10-18-16/h1-3,5,7-9,11H,4,6,10H2. The smallest absolute Gasteiger partial charge is 0.361 e. The van der Waals surface area contributed by atoms with Crippen LogP contribution in [0.2, 0.25) is 5.02 Å². The fraction of sp³-hybridized carbons (Fsp3) is 0.200. The highest BCUT2D eigenvalue weighted by Gasteiger charge is 2.25. The summed E-state index contributed by atoms with van der Waals surface area (Å²) in [7, 11) is 0. The van der Waals surface area contributed by atoms with Crippen molar-refractivity contribution in [3.8, 4) is 0 Å². The fourth-order valence-electron chi connectivity index (χ4n) is 2.52. The van der Waals surface area contributed by atoms with Gasteiger partial charge in [-0.25, -0.2) is 0 Å². The lowest BCUT2D eigenvalue weighted by Gasteiger charge is -2.14. The third-order valence-corrected chi connectivity index (χ3v) is 3.60. The van der Waals surface area contributed by atoms with Gasteiger partial charge in [0, 0.05) is 11.6 Å². The Labute approximate surface area is 113 Å². The van der Waals surface area contributed by atoms with Gasteiger partial charge < -0.3 is 4.65 Å². The van der Waals surface area contributed by atoms with Gasteiger partial charge in [-0.2, -0.15) is 0 Å². The molecule has 1 aliphatic heterocycles. The van der Waals surface area contributed by atoms with Crippen molar-refractivity contribution in [2.45, 2.75) is 12.8 Å². The van der Waals surface area contributed by atoms with Crippen molar-refractivity contribution < 1.29 is 4.65 Å². The summed E-state index contributed by atoms with van der Waals surface area (Å²) in [4.78, 5) is 0. The zero-order valence-electron chi connectivity index (χ0n) is 10.1. The van der Waals surface area contributed by atoms with Crippen molar-refractivity contribution in [1.29, 1.82) is 0 Å². The van der Waals surface area contributed by atoms with Crippen molar-refractivity contribution in [1.82, 2.24) is 0 Å². The van der Waals surface area contributed by atoms with E-state index in [-0.39, 0.29) is 6.92 Å². The van der Waals surface area contributed by atoms with E-state index in [0.29, 0.717) is 0 Å². The largest absolute Gasteiger partial charge is 0.427 e. The molecule has 3 rings (SSSR count). The van der Waals surface area contributed by atoms with Gasteiger partial charge in [0.15, 0.2) is 0 Å². The highest BCUT2D eigenvalue weighted by atomic mass is 35.5. The van der Waals surface area contributed by atoms with Crippen LogP contribution in [0, 0.1) is 0 Å². The molecular formula is C15H14BClO. The molecule has 0 saturated heterocycles. The molecule has 0 bridgehead atoms. The number of fused-ring (bicyclic) bond motifs is 1. The summed E-state index contributed by atoms with van der Waals surface area (Å²) >= 11 is 6.08. The average molecular weight is 257 g/mol. The summed E-state index contributed by atoms with van der Waals surface area (Å²) in [6, 6.07) is 16.5. The van der Waals surface area contributed by atoms with E-state index in [4.69, 9.17) is 16.3 Å². The average Bonchev–Trinajstić information content (AvgIpc) is 2.61. The highest BCUT2D eigenvalue weighted by molar-refractivity contribution is 6.80. The summed E-state index contributed by atoms with van der Waals surface area (Å²) in [5.41, 5.74) is 3.80. The number of halogens is 1. The van der Waals surface area contributed by atoms with Crippen molar-refractivity contribution >= 4 is 29.4 Å². The maximum atomic E-state index is 6.08. The molecule has 0 aromatic heterocycles. The molecule has 1 nitrogen and oxygen atoms in total. The molecule has 1 heterocycles. The molecule has 0 N–H and O–H groups in total. The van der Waals surface area contributed by atoms with E-state index in [1.165, 1.54) is 11.0 Å². The molecule has 0 saturated carbocycles. The first kappa shape index (κ1) is 11.8. The van der Waals surface area contributed by atoms with Crippen molar-refractivity contribution in [3.63, 3.8) is 0 Å².